The molecule has 0 aliphatic heterocycles. The lowest BCUT2D eigenvalue weighted by Gasteiger charge is -2.04. The molecule has 0 aliphatic carbocycles. The summed E-state index contributed by atoms with van der Waals surface area (Å²) in [5.41, 5.74) is 7.56. The Hall–Kier alpha value is -1.82. The minimum absolute atomic E-state index is 0.0171. The van der Waals surface area contributed by atoms with Gasteiger partial charge in [-0.15, -0.1) is 0 Å². The van der Waals surface area contributed by atoms with E-state index >= 15 is 0 Å². The summed E-state index contributed by atoms with van der Waals surface area (Å²) >= 11 is 0. The monoisotopic (exact) mass is 251 g/mol. The fourth-order valence-corrected chi connectivity index (χ4v) is 2.09. The van der Waals surface area contributed by atoms with Gasteiger partial charge >= 0.3 is 0 Å². The van der Waals surface area contributed by atoms with Gasteiger partial charge in [0.1, 0.15) is 5.82 Å². The Morgan fingerprint density at radius 3 is 2.53 bits per heavy atom. The topological polar surface area (TPSA) is 78.0 Å². The lowest BCUT2D eigenvalue weighted by molar-refractivity contribution is 0.596. The number of nitrogen functional groups attached to an aromatic ring is 1. The number of aryl methyl sites for hydroxylation is 1. The minimum atomic E-state index is -3.33. The van der Waals surface area contributed by atoms with Crippen LogP contribution in [0.4, 0.5) is 5.82 Å². The first-order valence-corrected chi connectivity index (χ1v) is 6.90. The summed E-state index contributed by atoms with van der Waals surface area (Å²) in [6.45, 7) is 1.95. The Balaban J connectivity index is 2.58. The first-order chi connectivity index (χ1) is 7.88. The fraction of sp³-hybridized carbons (Fsp3) is 0.182. The molecule has 6 heteroatoms. The van der Waals surface area contributed by atoms with Crippen LogP contribution in [-0.2, 0) is 9.84 Å². The van der Waals surface area contributed by atoms with Crippen LogP contribution in [0.25, 0.3) is 5.69 Å². The van der Waals surface area contributed by atoms with Crippen LogP contribution in [0, 0.1) is 6.92 Å². The molecule has 1 aromatic carbocycles. The fourth-order valence-electron chi connectivity index (χ4n) is 1.52. The van der Waals surface area contributed by atoms with Gasteiger partial charge in [0.25, 0.3) is 0 Å². The van der Waals surface area contributed by atoms with Gasteiger partial charge < -0.3 is 5.73 Å². The Morgan fingerprint density at radius 1 is 1.29 bits per heavy atom. The van der Waals surface area contributed by atoms with Crippen LogP contribution in [0.2, 0.25) is 0 Å². The van der Waals surface area contributed by atoms with E-state index in [0.29, 0.717) is 5.82 Å². The number of benzene rings is 1. The Bertz CT molecular complexity index is 659. The molecule has 2 rings (SSSR count). The van der Waals surface area contributed by atoms with Gasteiger partial charge in [-0.05, 0) is 24.6 Å². The van der Waals surface area contributed by atoms with Gasteiger partial charge in [0.05, 0.1) is 5.69 Å². The van der Waals surface area contributed by atoms with Crippen molar-refractivity contribution < 1.29 is 8.42 Å². The quantitative estimate of drug-likeness (QED) is 0.869. The molecule has 0 amide bonds. The largest absolute Gasteiger partial charge is 0.384 e. The highest BCUT2D eigenvalue weighted by molar-refractivity contribution is 7.90. The van der Waals surface area contributed by atoms with Gasteiger partial charge in [0, 0.05) is 12.3 Å². The van der Waals surface area contributed by atoms with Gasteiger partial charge in [0.2, 0.25) is 0 Å². The van der Waals surface area contributed by atoms with Gasteiger partial charge in [-0.25, -0.2) is 13.1 Å². The van der Waals surface area contributed by atoms with Crippen LogP contribution in [0.15, 0.2) is 35.4 Å². The standard InChI is InChI=1S/C11H13N3O2S/c1-8-4-3-5-9(6-8)14-10(12)7-11(13-14)17(2,15)16/h3-7H,12H2,1-2H3. The van der Waals surface area contributed by atoms with E-state index in [1.165, 1.54) is 10.7 Å². The summed E-state index contributed by atoms with van der Waals surface area (Å²) in [5, 5.41) is 3.98. The number of nitrogens with zero attached hydrogens (tertiary/aromatic N) is 2. The van der Waals surface area contributed by atoms with E-state index < -0.39 is 9.84 Å². The molecule has 0 atom stereocenters. The van der Waals surface area contributed by atoms with Crippen molar-refractivity contribution in [1.82, 2.24) is 9.78 Å². The number of hydrogen-bond acceptors (Lipinski definition) is 4. The van der Waals surface area contributed by atoms with E-state index in [4.69, 9.17) is 5.73 Å². The second kappa shape index (κ2) is 3.89. The molecule has 17 heavy (non-hydrogen) atoms. The molecule has 0 radical (unpaired) electrons. The summed E-state index contributed by atoms with van der Waals surface area (Å²) in [6, 6.07) is 8.88. The number of aromatic nitrogens is 2. The van der Waals surface area contributed by atoms with Crippen molar-refractivity contribution in [2.75, 3.05) is 12.0 Å². The lowest BCUT2D eigenvalue weighted by atomic mass is 10.2. The van der Waals surface area contributed by atoms with E-state index in [1.54, 1.807) is 0 Å². The van der Waals surface area contributed by atoms with Crippen LogP contribution in [0.3, 0.4) is 0 Å². The van der Waals surface area contributed by atoms with Gasteiger partial charge in [-0.1, -0.05) is 12.1 Å². The van der Waals surface area contributed by atoms with E-state index in [-0.39, 0.29) is 5.03 Å². The van der Waals surface area contributed by atoms with Gasteiger partial charge in [-0.2, -0.15) is 5.10 Å². The molecule has 5 nitrogen and oxygen atoms in total. The highest BCUT2D eigenvalue weighted by Crippen LogP contribution is 2.18. The van der Waals surface area contributed by atoms with Crippen molar-refractivity contribution >= 4 is 15.7 Å². The third-order valence-corrected chi connectivity index (χ3v) is 3.30. The van der Waals surface area contributed by atoms with Crippen LogP contribution in [0.5, 0.6) is 0 Å². The van der Waals surface area contributed by atoms with Gasteiger partial charge in [0.15, 0.2) is 14.9 Å². The zero-order valence-corrected chi connectivity index (χ0v) is 10.4. The van der Waals surface area contributed by atoms with Crippen molar-refractivity contribution in [1.29, 1.82) is 0 Å². The highest BCUT2D eigenvalue weighted by atomic mass is 32.2. The Morgan fingerprint density at radius 2 is 2.00 bits per heavy atom. The SMILES string of the molecule is Cc1cccc(-n2nc(S(C)(=O)=O)cc2N)c1. The maximum Gasteiger partial charge on any atom is 0.194 e. The maximum absolute atomic E-state index is 11.4. The van der Waals surface area contributed by atoms with Crippen molar-refractivity contribution in [3.05, 3.63) is 35.9 Å². The number of nitrogens with two attached hydrogens (primary N) is 1. The summed E-state index contributed by atoms with van der Waals surface area (Å²) in [6.07, 6.45) is 1.11. The summed E-state index contributed by atoms with van der Waals surface area (Å²) in [4.78, 5) is 0. The van der Waals surface area contributed by atoms with Crippen molar-refractivity contribution in [2.24, 2.45) is 0 Å². The zero-order chi connectivity index (χ0) is 12.6. The van der Waals surface area contributed by atoms with Crippen LogP contribution >= 0.6 is 0 Å². The molecule has 0 spiro atoms. The van der Waals surface area contributed by atoms with E-state index in [1.807, 2.05) is 31.2 Å². The first-order valence-electron chi connectivity index (χ1n) is 5.00. The molecular weight excluding hydrogens is 238 g/mol. The average molecular weight is 251 g/mol. The van der Waals surface area contributed by atoms with E-state index in [0.717, 1.165) is 17.5 Å². The number of hydrogen-bond donors (Lipinski definition) is 1. The van der Waals surface area contributed by atoms with Crippen molar-refractivity contribution in [3.8, 4) is 5.69 Å². The number of rotatable bonds is 2. The number of anilines is 1. The van der Waals surface area contributed by atoms with Crippen LogP contribution in [0.1, 0.15) is 5.56 Å². The molecule has 0 bridgehead atoms. The molecular formula is C11H13N3O2S. The highest BCUT2D eigenvalue weighted by Gasteiger charge is 2.15. The smallest absolute Gasteiger partial charge is 0.194 e. The molecule has 0 fully saturated rings. The molecule has 0 unspecified atom stereocenters. The molecule has 0 saturated heterocycles. The second-order valence-corrected chi connectivity index (χ2v) is 5.89. The molecule has 1 heterocycles. The molecule has 2 N–H and O–H groups in total. The number of sulfone groups is 1. The van der Waals surface area contributed by atoms with Crippen molar-refractivity contribution in [2.45, 2.75) is 11.9 Å². The van der Waals surface area contributed by atoms with Crippen LogP contribution < -0.4 is 5.73 Å². The summed E-state index contributed by atoms with van der Waals surface area (Å²) in [7, 11) is -3.33. The predicted octanol–water partition coefficient (Wildman–Crippen LogP) is 1.17. The van der Waals surface area contributed by atoms with E-state index in [9.17, 15) is 8.42 Å². The van der Waals surface area contributed by atoms with Crippen molar-refractivity contribution in [3.63, 3.8) is 0 Å². The molecule has 2 aromatic rings. The summed E-state index contributed by atoms with van der Waals surface area (Å²) in [5.74, 6) is 0.302. The average Bonchev–Trinajstić information content (AvgIpc) is 2.60. The third-order valence-electron chi connectivity index (χ3n) is 2.34. The molecule has 1 aromatic heterocycles. The zero-order valence-electron chi connectivity index (χ0n) is 9.58. The van der Waals surface area contributed by atoms with Gasteiger partial charge in [-0.3, -0.25) is 0 Å². The molecule has 0 aliphatic rings. The third kappa shape index (κ3) is 2.31. The lowest BCUT2D eigenvalue weighted by Crippen LogP contribution is -2.03. The summed E-state index contributed by atoms with van der Waals surface area (Å²) < 4.78 is 24.2. The van der Waals surface area contributed by atoms with E-state index in [2.05, 4.69) is 5.10 Å². The maximum atomic E-state index is 11.4. The first kappa shape index (κ1) is 11.7. The Labute approximate surface area is 99.8 Å². The second-order valence-electron chi connectivity index (χ2n) is 3.93. The van der Waals surface area contributed by atoms with Crippen LogP contribution in [-0.4, -0.2) is 24.5 Å². The molecule has 90 valence electrons. The predicted molar refractivity (Wildman–Crippen MR) is 65.8 cm³/mol. The normalized spacial score (nSPS) is 11.6. The molecule has 0 saturated carbocycles. The minimum Gasteiger partial charge on any atom is -0.384 e. The Kier molecular flexibility index (Phi) is 2.66.